The zero-order valence-electron chi connectivity index (χ0n) is 16.3. The van der Waals surface area contributed by atoms with Crippen LogP contribution in [0.25, 0.3) is 0 Å². The van der Waals surface area contributed by atoms with Crippen molar-refractivity contribution >= 4 is 17.3 Å². The molecule has 0 saturated heterocycles. The van der Waals surface area contributed by atoms with Gasteiger partial charge in [0.15, 0.2) is 0 Å². The number of nitrogens with zero attached hydrogens (tertiary/aromatic N) is 1. The highest BCUT2D eigenvalue weighted by Gasteiger charge is 2.15. The number of carbonyl (C=O) groups is 1. The fraction of sp³-hybridized carbons (Fsp3) is 0.381. The number of hydrogen-bond acceptors (Lipinski definition) is 4. The van der Waals surface area contributed by atoms with Crippen molar-refractivity contribution in [3.8, 4) is 5.75 Å². The van der Waals surface area contributed by atoms with Crippen LogP contribution in [0.5, 0.6) is 5.75 Å². The molecule has 0 saturated carbocycles. The SMILES string of the molecule is CCOCCOc1ccccc1C(=O)Nc1ccc(N(C)C(C)C)c(F)c1. The molecule has 0 heterocycles. The van der Waals surface area contributed by atoms with Crippen molar-refractivity contribution in [1.29, 1.82) is 0 Å². The Hall–Kier alpha value is -2.60. The lowest BCUT2D eigenvalue weighted by Crippen LogP contribution is -2.26. The van der Waals surface area contributed by atoms with Crippen molar-refractivity contribution in [2.45, 2.75) is 26.8 Å². The molecule has 0 unspecified atom stereocenters. The standard InChI is InChI=1S/C21H27FN2O3/c1-5-26-12-13-27-20-9-7-6-8-17(20)21(25)23-16-10-11-19(18(22)14-16)24(4)15(2)3/h6-11,14-15H,5,12-13H2,1-4H3,(H,23,25). The van der Waals surface area contributed by atoms with Gasteiger partial charge in [0, 0.05) is 25.4 Å². The van der Waals surface area contributed by atoms with E-state index in [9.17, 15) is 9.18 Å². The molecule has 1 N–H and O–H groups in total. The molecule has 5 nitrogen and oxygen atoms in total. The first-order valence-electron chi connectivity index (χ1n) is 9.07. The van der Waals surface area contributed by atoms with Crippen LogP contribution in [-0.2, 0) is 4.74 Å². The van der Waals surface area contributed by atoms with Crippen LogP contribution < -0.4 is 15.0 Å². The third kappa shape index (κ3) is 5.69. The van der Waals surface area contributed by atoms with Gasteiger partial charge >= 0.3 is 0 Å². The predicted octanol–water partition coefficient (Wildman–Crippen LogP) is 4.34. The van der Waals surface area contributed by atoms with Crippen molar-refractivity contribution in [3.63, 3.8) is 0 Å². The molecule has 2 rings (SSSR count). The number of rotatable bonds is 9. The first kappa shape index (κ1) is 20.7. The minimum absolute atomic E-state index is 0.167. The normalized spacial score (nSPS) is 10.7. The molecule has 2 aromatic carbocycles. The molecule has 0 bridgehead atoms. The second kappa shape index (κ2) is 9.92. The molecule has 2 aromatic rings. The Morgan fingerprint density at radius 2 is 1.93 bits per heavy atom. The van der Waals surface area contributed by atoms with E-state index in [1.807, 2.05) is 32.7 Å². The van der Waals surface area contributed by atoms with Gasteiger partial charge in [-0.05, 0) is 51.1 Å². The van der Waals surface area contributed by atoms with Gasteiger partial charge in [-0.2, -0.15) is 0 Å². The number of halogens is 1. The molecule has 0 fully saturated rings. The maximum Gasteiger partial charge on any atom is 0.259 e. The summed E-state index contributed by atoms with van der Waals surface area (Å²) in [5.74, 6) is -0.275. The zero-order valence-corrected chi connectivity index (χ0v) is 16.3. The average molecular weight is 374 g/mol. The number of benzene rings is 2. The highest BCUT2D eigenvalue weighted by atomic mass is 19.1. The number of anilines is 2. The molecule has 0 atom stereocenters. The van der Waals surface area contributed by atoms with Gasteiger partial charge in [-0.15, -0.1) is 0 Å². The van der Waals surface area contributed by atoms with Crippen LogP contribution in [-0.4, -0.2) is 38.8 Å². The Morgan fingerprint density at radius 1 is 1.19 bits per heavy atom. The molecular formula is C21H27FN2O3. The van der Waals surface area contributed by atoms with Crippen LogP contribution in [0.2, 0.25) is 0 Å². The summed E-state index contributed by atoms with van der Waals surface area (Å²) in [5, 5.41) is 2.73. The molecular weight excluding hydrogens is 347 g/mol. The number of hydrogen-bond donors (Lipinski definition) is 1. The van der Waals surface area contributed by atoms with Gasteiger partial charge in [0.2, 0.25) is 0 Å². The molecule has 0 aliphatic rings. The fourth-order valence-corrected chi connectivity index (χ4v) is 2.48. The minimum Gasteiger partial charge on any atom is -0.490 e. The van der Waals surface area contributed by atoms with Gasteiger partial charge in [0.25, 0.3) is 5.91 Å². The van der Waals surface area contributed by atoms with E-state index in [1.54, 1.807) is 36.4 Å². The Kier molecular flexibility index (Phi) is 7.61. The van der Waals surface area contributed by atoms with Crippen LogP contribution >= 0.6 is 0 Å². The van der Waals surface area contributed by atoms with Crippen molar-refractivity contribution < 1.29 is 18.7 Å². The number of carbonyl (C=O) groups excluding carboxylic acids is 1. The largest absolute Gasteiger partial charge is 0.490 e. The van der Waals surface area contributed by atoms with E-state index in [0.29, 0.717) is 42.5 Å². The molecule has 0 aliphatic carbocycles. The van der Waals surface area contributed by atoms with Crippen LogP contribution in [0.3, 0.4) is 0 Å². The molecule has 6 heteroatoms. The van der Waals surface area contributed by atoms with Crippen molar-refractivity contribution in [3.05, 3.63) is 53.8 Å². The molecule has 1 amide bonds. The topological polar surface area (TPSA) is 50.8 Å². The second-order valence-corrected chi connectivity index (χ2v) is 6.37. The summed E-state index contributed by atoms with van der Waals surface area (Å²) in [6.07, 6.45) is 0. The van der Waals surface area contributed by atoms with Gasteiger partial charge in [-0.1, -0.05) is 12.1 Å². The van der Waals surface area contributed by atoms with Crippen LogP contribution in [0.4, 0.5) is 15.8 Å². The maximum atomic E-state index is 14.4. The third-order valence-corrected chi connectivity index (χ3v) is 4.18. The fourth-order valence-electron chi connectivity index (χ4n) is 2.48. The van der Waals surface area contributed by atoms with E-state index in [2.05, 4.69) is 5.32 Å². The van der Waals surface area contributed by atoms with Crippen LogP contribution in [0.1, 0.15) is 31.1 Å². The Labute approximate surface area is 160 Å². The first-order chi connectivity index (χ1) is 12.9. The lowest BCUT2D eigenvalue weighted by Gasteiger charge is -2.24. The molecule has 0 aromatic heterocycles. The lowest BCUT2D eigenvalue weighted by atomic mass is 10.1. The van der Waals surface area contributed by atoms with Crippen LogP contribution in [0, 0.1) is 5.82 Å². The summed E-state index contributed by atoms with van der Waals surface area (Å²) < 4.78 is 25.3. The number of para-hydroxylation sites is 1. The van der Waals surface area contributed by atoms with Gasteiger partial charge in [-0.3, -0.25) is 4.79 Å². The van der Waals surface area contributed by atoms with E-state index >= 15 is 0 Å². The highest BCUT2D eigenvalue weighted by Crippen LogP contribution is 2.25. The summed E-state index contributed by atoms with van der Waals surface area (Å²) in [6, 6.07) is 11.8. The van der Waals surface area contributed by atoms with E-state index < -0.39 is 0 Å². The molecule has 27 heavy (non-hydrogen) atoms. The summed E-state index contributed by atoms with van der Waals surface area (Å²) in [4.78, 5) is 14.4. The second-order valence-electron chi connectivity index (χ2n) is 6.37. The van der Waals surface area contributed by atoms with Gasteiger partial charge in [-0.25, -0.2) is 4.39 Å². The van der Waals surface area contributed by atoms with E-state index in [-0.39, 0.29) is 17.8 Å². The van der Waals surface area contributed by atoms with Crippen molar-refractivity contribution in [1.82, 2.24) is 0 Å². The number of nitrogens with one attached hydrogen (secondary N) is 1. The first-order valence-corrected chi connectivity index (χ1v) is 9.07. The van der Waals surface area contributed by atoms with E-state index in [0.717, 1.165) is 0 Å². The van der Waals surface area contributed by atoms with Crippen molar-refractivity contribution in [2.24, 2.45) is 0 Å². The van der Waals surface area contributed by atoms with Gasteiger partial charge in [0.1, 0.15) is 18.2 Å². The summed E-state index contributed by atoms with van der Waals surface area (Å²) >= 11 is 0. The number of amides is 1. The van der Waals surface area contributed by atoms with Gasteiger partial charge < -0.3 is 19.7 Å². The third-order valence-electron chi connectivity index (χ3n) is 4.18. The average Bonchev–Trinajstić information content (AvgIpc) is 2.65. The summed E-state index contributed by atoms with van der Waals surface area (Å²) in [5.41, 5.74) is 1.27. The minimum atomic E-state index is -0.384. The number of ether oxygens (including phenoxy) is 2. The molecule has 146 valence electrons. The molecule has 0 aliphatic heterocycles. The maximum absolute atomic E-state index is 14.4. The zero-order chi connectivity index (χ0) is 19.8. The van der Waals surface area contributed by atoms with E-state index in [1.165, 1.54) is 6.07 Å². The van der Waals surface area contributed by atoms with Crippen LogP contribution in [0.15, 0.2) is 42.5 Å². The Balaban J connectivity index is 2.10. The summed E-state index contributed by atoms with van der Waals surface area (Å²) in [6.45, 7) is 7.28. The lowest BCUT2D eigenvalue weighted by molar-refractivity contribution is 0.0998. The smallest absolute Gasteiger partial charge is 0.259 e. The Morgan fingerprint density at radius 3 is 2.59 bits per heavy atom. The highest BCUT2D eigenvalue weighted by molar-refractivity contribution is 6.06. The predicted molar refractivity (Wildman–Crippen MR) is 106 cm³/mol. The Bertz CT molecular complexity index is 765. The van der Waals surface area contributed by atoms with Crippen molar-refractivity contribution in [2.75, 3.05) is 37.1 Å². The monoisotopic (exact) mass is 374 g/mol. The quantitative estimate of drug-likeness (QED) is 0.664. The summed E-state index contributed by atoms with van der Waals surface area (Å²) in [7, 11) is 1.83. The molecule has 0 radical (unpaired) electrons. The van der Waals surface area contributed by atoms with Gasteiger partial charge in [0.05, 0.1) is 17.9 Å². The molecule has 0 spiro atoms. The van der Waals surface area contributed by atoms with E-state index in [4.69, 9.17) is 9.47 Å².